The van der Waals surface area contributed by atoms with Crippen LogP contribution in [0.1, 0.15) is 21.5 Å². The van der Waals surface area contributed by atoms with Crippen LogP contribution in [0, 0.1) is 0 Å². The van der Waals surface area contributed by atoms with Crippen molar-refractivity contribution in [1.29, 1.82) is 0 Å². The van der Waals surface area contributed by atoms with Gasteiger partial charge in [-0.15, -0.1) is 0 Å². The molecule has 0 unspecified atom stereocenters. The van der Waals surface area contributed by atoms with Crippen molar-refractivity contribution >= 4 is 46.9 Å². The lowest BCUT2D eigenvalue weighted by molar-refractivity contribution is 0.0950. The van der Waals surface area contributed by atoms with Gasteiger partial charge in [0.1, 0.15) is 12.4 Å². The van der Waals surface area contributed by atoms with Crippen LogP contribution in [0.5, 0.6) is 5.75 Å². The Balaban J connectivity index is 1.67. The Kier molecular flexibility index (Phi) is 6.93. The molecule has 0 aliphatic rings. The van der Waals surface area contributed by atoms with Gasteiger partial charge in [0.25, 0.3) is 5.91 Å². The fourth-order valence-corrected chi connectivity index (χ4v) is 2.94. The Morgan fingerprint density at radius 3 is 2.43 bits per heavy atom. The predicted molar refractivity (Wildman–Crippen MR) is 114 cm³/mol. The van der Waals surface area contributed by atoms with E-state index in [1.54, 1.807) is 66.7 Å². The lowest BCUT2D eigenvalue weighted by Gasteiger charge is -2.11. The third kappa shape index (κ3) is 5.49. The van der Waals surface area contributed by atoms with Gasteiger partial charge in [-0.05, 0) is 42.0 Å². The smallest absolute Gasteiger partial charge is 0.275 e. The van der Waals surface area contributed by atoms with Gasteiger partial charge < -0.3 is 4.74 Å². The first-order valence-corrected chi connectivity index (χ1v) is 9.41. The molecule has 3 rings (SSSR count). The standard InChI is InChI=1S/C21H15Cl3N2O2/c22-16-8-5-14(6-9-16)12-25-26-21(27)18-3-1-2-4-20(18)28-13-15-7-10-17(23)11-19(15)24/h1-12H,13H2,(H,26,27)/b25-12+. The second kappa shape index (κ2) is 9.60. The zero-order valence-electron chi connectivity index (χ0n) is 14.5. The molecule has 3 aromatic rings. The summed E-state index contributed by atoms with van der Waals surface area (Å²) >= 11 is 17.9. The Morgan fingerprint density at radius 1 is 0.964 bits per heavy atom. The predicted octanol–water partition coefficient (Wildman–Crippen LogP) is 5.99. The average Bonchev–Trinajstić information content (AvgIpc) is 2.69. The van der Waals surface area contributed by atoms with E-state index in [4.69, 9.17) is 39.5 Å². The molecule has 28 heavy (non-hydrogen) atoms. The summed E-state index contributed by atoms with van der Waals surface area (Å²) in [4.78, 5) is 12.5. The van der Waals surface area contributed by atoms with Crippen molar-refractivity contribution in [3.8, 4) is 5.75 Å². The van der Waals surface area contributed by atoms with Crippen molar-refractivity contribution in [2.45, 2.75) is 6.61 Å². The molecule has 0 saturated heterocycles. The van der Waals surface area contributed by atoms with Crippen molar-refractivity contribution in [3.63, 3.8) is 0 Å². The summed E-state index contributed by atoms with van der Waals surface area (Å²) < 4.78 is 5.79. The first-order chi connectivity index (χ1) is 13.5. The van der Waals surface area contributed by atoms with Gasteiger partial charge in [-0.3, -0.25) is 4.79 Å². The minimum atomic E-state index is -0.386. The quantitative estimate of drug-likeness (QED) is 0.383. The number of hydrogen-bond acceptors (Lipinski definition) is 3. The molecule has 3 aromatic carbocycles. The van der Waals surface area contributed by atoms with Crippen LogP contribution in [-0.2, 0) is 6.61 Å². The molecule has 0 aliphatic heterocycles. The van der Waals surface area contributed by atoms with Crippen LogP contribution in [-0.4, -0.2) is 12.1 Å². The fraction of sp³-hybridized carbons (Fsp3) is 0.0476. The molecule has 0 spiro atoms. The molecule has 0 saturated carbocycles. The molecule has 0 radical (unpaired) electrons. The third-order valence-corrected chi connectivity index (χ3v) is 4.62. The highest BCUT2D eigenvalue weighted by molar-refractivity contribution is 6.35. The second-order valence-corrected chi connectivity index (χ2v) is 7.05. The molecule has 0 aliphatic carbocycles. The Labute approximate surface area is 177 Å². The van der Waals surface area contributed by atoms with E-state index < -0.39 is 0 Å². The van der Waals surface area contributed by atoms with Gasteiger partial charge in [-0.2, -0.15) is 5.10 Å². The van der Waals surface area contributed by atoms with Crippen molar-refractivity contribution in [2.24, 2.45) is 5.10 Å². The number of carbonyl (C=O) groups excluding carboxylic acids is 1. The summed E-state index contributed by atoms with van der Waals surface area (Å²) in [6, 6.07) is 19.1. The maximum atomic E-state index is 12.5. The molecule has 4 nitrogen and oxygen atoms in total. The van der Waals surface area contributed by atoms with Crippen molar-refractivity contribution < 1.29 is 9.53 Å². The molecule has 0 fully saturated rings. The maximum absolute atomic E-state index is 12.5. The van der Waals surface area contributed by atoms with E-state index in [1.807, 2.05) is 0 Å². The largest absolute Gasteiger partial charge is 0.488 e. The van der Waals surface area contributed by atoms with Crippen molar-refractivity contribution in [3.05, 3.63) is 98.5 Å². The van der Waals surface area contributed by atoms with Crippen LogP contribution in [0.3, 0.4) is 0 Å². The number of rotatable bonds is 6. The molecular formula is C21H15Cl3N2O2. The number of nitrogens with zero attached hydrogens (tertiary/aromatic N) is 1. The molecule has 0 atom stereocenters. The second-order valence-electron chi connectivity index (χ2n) is 5.77. The van der Waals surface area contributed by atoms with Crippen LogP contribution < -0.4 is 10.2 Å². The zero-order chi connectivity index (χ0) is 19.9. The summed E-state index contributed by atoms with van der Waals surface area (Å²) in [5.74, 6) is 0.0377. The topological polar surface area (TPSA) is 50.7 Å². The molecule has 0 heterocycles. The Morgan fingerprint density at radius 2 is 1.68 bits per heavy atom. The van der Waals surface area contributed by atoms with Gasteiger partial charge in [0.05, 0.1) is 11.8 Å². The normalized spacial score (nSPS) is 10.8. The number of nitrogens with one attached hydrogen (secondary N) is 1. The monoisotopic (exact) mass is 432 g/mol. The fourth-order valence-electron chi connectivity index (χ4n) is 2.35. The number of hydrazone groups is 1. The van der Waals surface area contributed by atoms with Crippen molar-refractivity contribution in [1.82, 2.24) is 5.43 Å². The lowest BCUT2D eigenvalue weighted by Crippen LogP contribution is -2.18. The average molecular weight is 434 g/mol. The number of halogens is 3. The van der Waals surface area contributed by atoms with Gasteiger partial charge in [0.15, 0.2) is 0 Å². The van der Waals surface area contributed by atoms with Gasteiger partial charge in [0, 0.05) is 20.6 Å². The number of para-hydroxylation sites is 1. The first-order valence-electron chi connectivity index (χ1n) is 8.27. The van der Waals surface area contributed by atoms with Crippen LogP contribution in [0.4, 0.5) is 0 Å². The minimum absolute atomic E-state index is 0.203. The maximum Gasteiger partial charge on any atom is 0.275 e. The highest BCUT2D eigenvalue weighted by atomic mass is 35.5. The minimum Gasteiger partial charge on any atom is -0.488 e. The summed E-state index contributed by atoms with van der Waals surface area (Å²) in [7, 11) is 0. The van der Waals surface area contributed by atoms with Crippen LogP contribution in [0.15, 0.2) is 71.8 Å². The molecular weight excluding hydrogens is 419 g/mol. The number of amides is 1. The zero-order valence-corrected chi connectivity index (χ0v) is 16.8. The highest BCUT2D eigenvalue weighted by Crippen LogP contribution is 2.24. The molecule has 0 bridgehead atoms. The van der Waals surface area contributed by atoms with E-state index in [1.165, 1.54) is 6.21 Å². The summed E-state index contributed by atoms with van der Waals surface area (Å²) in [5, 5.41) is 5.65. The van der Waals surface area contributed by atoms with E-state index in [2.05, 4.69) is 10.5 Å². The number of benzene rings is 3. The molecule has 7 heteroatoms. The Bertz CT molecular complexity index is 1000. The van der Waals surface area contributed by atoms with Gasteiger partial charge in [-0.25, -0.2) is 5.43 Å². The lowest BCUT2D eigenvalue weighted by atomic mass is 10.2. The van der Waals surface area contributed by atoms with E-state index >= 15 is 0 Å². The van der Waals surface area contributed by atoms with Gasteiger partial charge in [0.2, 0.25) is 0 Å². The van der Waals surface area contributed by atoms with Crippen molar-refractivity contribution in [2.75, 3.05) is 0 Å². The Hall–Kier alpha value is -2.53. The third-order valence-electron chi connectivity index (χ3n) is 3.78. The van der Waals surface area contributed by atoms with E-state index in [-0.39, 0.29) is 12.5 Å². The molecule has 0 aromatic heterocycles. The summed E-state index contributed by atoms with van der Waals surface area (Å²) in [5.41, 5.74) is 4.43. The van der Waals surface area contributed by atoms with E-state index in [0.29, 0.717) is 26.4 Å². The molecule has 142 valence electrons. The van der Waals surface area contributed by atoms with Crippen LogP contribution in [0.25, 0.3) is 0 Å². The molecule has 1 amide bonds. The SMILES string of the molecule is O=C(N/N=C/c1ccc(Cl)cc1)c1ccccc1OCc1ccc(Cl)cc1Cl. The van der Waals surface area contributed by atoms with E-state index in [0.717, 1.165) is 11.1 Å². The highest BCUT2D eigenvalue weighted by Gasteiger charge is 2.12. The van der Waals surface area contributed by atoms with Crippen LogP contribution in [0.2, 0.25) is 15.1 Å². The van der Waals surface area contributed by atoms with E-state index in [9.17, 15) is 4.79 Å². The number of carbonyl (C=O) groups is 1. The summed E-state index contributed by atoms with van der Waals surface area (Å²) in [6.45, 7) is 0.203. The number of ether oxygens (including phenoxy) is 1. The number of hydrogen-bond donors (Lipinski definition) is 1. The van der Waals surface area contributed by atoms with Gasteiger partial charge >= 0.3 is 0 Å². The van der Waals surface area contributed by atoms with Gasteiger partial charge in [-0.1, -0.05) is 65.1 Å². The first kappa shape index (κ1) is 20.2. The molecule has 1 N–H and O–H groups in total. The summed E-state index contributed by atoms with van der Waals surface area (Å²) in [6.07, 6.45) is 1.53. The van der Waals surface area contributed by atoms with Crippen LogP contribution >= 0.6 is 34.8 Å².